The number of nitrogens with one attached hydrogen (secondary N) is 2. The number of ether oxygens (including phenoxy) is 1. The van der Waals surface area contributed by atoms with E-state index >= 15 is 0 Å². The zero-order chi connectivity index (χ0) is 28.8. The summed E-state index contributed by atoms with van der Waals surface area (Å²) >= 11 is 0. The molecular formula is C32H30N4O5. The number of pyridine rings is 1. The lowest BCUT2D eigenvalue weighted by Crippen LogP contribution is -2.50. The molecule has 1 unspecified atom stereocenters. The highest BCUT2D eigenvalue weighted by Crippen LogP contribution is 2.44. The van der Waals surface area contributed by atoms with Crippen LogP contribution < -0.4 is 10.6 Å². The van der Waals surface area contributed by atoms with Crippen LogP contribution in [0.5, 0.6) is 0 Å². The van der Waals surface area contributed by atoms with Gasteiger partial charge in [0.2, 0.25) is 5.91 Å². The number of likely N-dealkylation sites (N-methyl/N-ethyl adjacent to an activating group) is 1. The zero-order valence-corrected chi connectivity index (χ0v) is 22.5. The first-order valence-corrected chi connectivity index (χ1v) is 13.2. The molecule has 2 amide bonds. The predicted octanol–water partition coefficient (Wildman–Crippen LogP) is 4.76. The van der Waals surface area contributed by atoms with E-state index < -0.39 is 24.0 Å². The molecule has 0 radical (unpaired) electrons. The van der Waals surface area contributed by atoms with Gasteiger partial charge in [-0.05, 0) is 40.9 Å². The summed E-state index contributed by atoms with van der Waals surface area (Å²) in [6.07, 6.45) is 1.82. The van der Waals surface area contributed by atoms with Gasteiger partial charge in [-0.15, -0.1) is 0 Å². The average Bonchev–Trinajstić information content (AvgIpc) is 3.30. The summed E-state index contributed by atoms with van der Waals surface area (Å²) in [4.78, 5) is 43.5. The van der Waals surface area contributed by atoms with Crippen LogP contribution in [0.1, 0.15) is 33.0 Å². The Morgan fingerprint density at radius 2 is 1.56 bits per heavy atom. The van der Waals surface area contributed by atoms with E-state index in [1.54, 1.807) is 0 Å². The maximum absolute atomic E-state index is 13.3. The number of hydrogen-bond acceptors (Lipinski definition) is 6. The number of carboxylic acids is 1. The third kappa shape index (κ3) is 6.59. The van der Waals surface area contributed by atoms with Crippen molar-refractivity contribution in [1.29, 1.82) is 0 Å². The third-order valence-electron chi connectivity index (χ3n) is 6.99. The van der Waals surface area contributed by atoms with Crippen molar-refractivity contribution in [3.8, 4) is 11.1 Å². The number of nitrogens with zero attached hydrogens (tertiary/aromatic N) is 2. The zero-order valence-electron chi connectivity index (χ0n) is 22.5. The van der Waals surface area contributed by atoms with Crippen molar-refractivity contribution in [2.75, 3.05) is 25.5 Å². The van der Waals surface area contributed by atoms with Gasteiger partial charge < -0.3 is 20.5 Å². The Labute approximate surface area is 237 Å². The lowest BCUT2D eigenvalue weighted by molar-refractivity contribution is -0.118. The number of carbonyl (C=O) groups is 3. The van der Waals surface area contributed by atoms with Gasteiger partial charge in [0.25, 0.3) is 0 Å². The molecule has 3 aromatic carbocycles. The van der Waals surface area contributed by atoms with Crippen LogP contribution in [-0.2, 0) is 16.1 Å². The molecule has 0 fully saturated rings. The van der Waals surface area contributed by atoms with Gasteiger partial charge in [0.05, 0.1) is 17.4 Å². The summed E-state index contributed by atoms with van der Waals surface area (Å²) in [6.45, 7) is 0.836. The number of anilines is 1. The van der Waals surface area contributed by atoms with Gasteiger partial charge in [-0.25, -0.2) is 9.59 Å². The van der Waals surface area contributed by atoms with Crippen molar-refractivity contribution in [2.24, 2.45) is 0 Å². The van der Waals surface area contributed by atoms with E-state index in [2.05, 4.69) is 27.8 Å². The first kappa shape index (κ1) is 27.5. The van der Waals surface area contributed by atoms with E-state index in [9.17, 15) is 19.5 Å². The fourth-order valence-corrected chi connectivity index (χ4v) is 5.10. The van der Waals surface area contributed by atoms with Gasteiger partial charge in [0, 0.05) is 25.2 Å². The van der Waals surface area contributed by atoms with Crippen LogP contribution in [0, 0.1) is 0 Å². The second kappa shape index (κ2) is 12.4. The SMILES string of the molecule is CN(Cc1ccccc1)CC(NC(=O)OCC1c2ccccc2-c2ccccc21)C(=O)Nc1cncc(C(=O)O)c1. The van der Waals surface area contributed by atoms with Crippen molar-refractivity contribution >= 4 is 23.7 Å². The molecule has 1 heterocycles. The highest BCUT2D eigenvalue weighted by molar-refractivity contribution is 5.98. The van der Waals surface area contributed by atoms with Gasteiger partial charge in [-0.1, -0.05) is 78.9 Å². The van der Waals surface area contributed by atoms with Gasteiger partial charge in [0.1, 0.15) is 12.6 Å². The standard InChI is InChI=1S/C32H30N4O5/c1-36(18-21-9-3-2-4-10-21)19-29(30(37)34-23-15-22(31(38)39)16-33-17-23)35-32(40)41-20-28-26-13-7-5-11-24(26)25-12-6-8-14-27(25)28/h2-17,28-29H,18-20H2,1H3,(H,34,37)(H,35,40)(H,38,39). The van der Waals surface area contributed by atoms with Crippen LogP contribution in [0.2, 0.25) is 0 Å². The molecule has 5 rings (SSSR count). The summed E-state index contributed by atoms with van der Waals surface area (Å²) < 4.78 is 5.68. The van der Waals surface area contributed by atoms with Gasteiger partial charge in [0.15, 0.2) is 0 Å². The minimum atomic E-state index is -1.16. The number of fused-ring (bicyclic) bond motifs is 3. The smallest absolute Gasteiger partial charge is 0.407 e. The van der Waals surface area contributed by atoms with Crippen molar-refractivity contribution in [3.63, 3.8) is 0 Å². The lowest BCUT2D eigenvalue weighted by atomic mass is 9.98. The number of aromatic nitrogens is 1. The van der Waals surface area contributed by atoms with E-state index in [0.29, 0.717) is 6.54 Å². The van der Waals surface area contributed by atoms with E-state index in [1.165, 1.54) is 18.5 Å². The molecule has 1 aliphatic carbocycles. The van der Waals surface area contributed by atoms with Gasteiger partial charge >= 0.3 is 12.1 Å². The highest BCUT2D eigenvalue weighted by Gasteiger charge is 2.30. The molecule has 0 spiro atoms. The van der Waals surface area contributed by atoms with E-state index in [-0.39, 0.29) is 30.3 Å². The van der Waals surface area contributed by atoms with Crippen molar-refractivity contribution in [1.82, 2.24) is 15.2 Å². The Hall–Kier alpha value is -5.02. The van der Waals surface area contributed by atoms with Crippen molar-refractivity contribution in [3.05, 3.63) is 120 Å². The topological polar surface area (TPSA) is 121 Å². The molecule has 41 heavy (non-hydrogen) atoms. The number of benzene rings is 3. The van der Waals surface area contributed by atoms with Crippen molar-refractivity contribution < 1.29 is 24.2 Å². The molecule has 4 aromatic rings. The molecule has 0 bridgehead atoms. The van der Waals surface area contributed by atoms with Gasteiger partial charge in [-0.2, -0.15) is 0 Å². The minimum absolute atomic E-state index is 0.0648. The molecule has 9 nitrogen and oxygen atoms in total. The van der Waals surface area contributed by atoms with Crippen LogP contribution in [0.3, 0.4) is 0 Å². The molecular weight excluding hydrogens is 520 g/mol. The van der Waals surface area contributed by atoms with E-state index in [0.717, 1.165) is 27.8 Å². The van der Waals surface area contributed by atoms with Crippen LogP contribution in [-0.4, -0.2) is 59.2 Å². The molecule has 9 heteroatoms. The number of carbonyl (C=O) groups excluding carboxylic acids is 2. The maximum Gasteiger partial charge on any atom is 0.407 e. The minimum Gasteiger partial charge on any atom is -0.478 e. The quantitative estimate of drug-likeness (QED) is 0.260. The Morgan fingerprint density at radius 3 is 2.22 bits per heavy atom. The first-order chi connectivity index (χ1) is 19.9. The molecule has 1 atom stereocenters. The van der Waals surface area contributed by atoms with Crippen LogP contribution >= 0.6 is 0 Å². The largest absolute Gasteiger partial charge is 0.478 e. The Balaban J connectivity index is 1.29. The Morgan fingerprint density at radius 1 is 0.927 bits per heavy atom. The monoisotopic (exact) mass is 550 g/mol. The van der Waals surface area contributed by atoms with E-state index in [4.69, 9.17) is 4.74 Å². The fourth-order valence-electron chi connectivity index (χ4n) is 5.10. The summed E-state index contributed by atoms with van der Waals surface area (Å²) in [5.41, 5.74) is 5.61. The van der Waals surface area contributed by atoms with Crippen LogP contribution in [0.25, 0.3) is 11.1 Å². The Bertz CT molecular complexity index is 1510. The normalized spacial score (nSPS) is 12.7. The summed E-state index contributed by atoms with van der Waals surface area (Å²) in [5, 5.41) is 14.7. The van der Waals surface area contributed by atoms with Crippen LogP contribution in [0.15, 0.2) is 97.3 Å². The first-order valence-electron chi connectivity index (χ1n) is 13.2. The molecule has 1 aliphatic rings. The summed E-state index contributed by atoms with van der Waals surface area (Å²) in [7, 11) is 1.85. The molecule has 1 aromatic heterocycles. The lowest BCUT2D eigenvalue weighted by Gasteiger charge is -2.25. The molecule has 0 aliphatic heterocycles. The number of carboxylic acid groups (broad SMARTS) is 1. The fraction of sp³-hybridized carbons (Fsp3) is 0.188. The van der Waals surface area contributed by atoms with E-state index in [1.807, 2.05) is 78.7 Å². The highest BCUT2D eigenvalue weighted by atomic mass is 16.5. The maximum atomic E-state index is 13.3. The Kier molecular flexibility index (Phi) is 8.36. The summed E-state index contributed by atoms with van der Waals surface area (Å²) in [6, 6.07) is 26.2. The second-order valence-corrected chi connectivity index (χ2v) is 9.96. The average molecular weight is 551 g/mol. The summed E-state index contributed by atoms with van der Waals surface area (Å²) in [5.74, 6) is -1.81. The number of aromatic carboxylic acids is 1. The number of hydrogen-bond donors (Lipinski definition) is 3. The molecule has 3 N–H and O–H groups in total. The van der Waals surface area contributed by atoms with Gasteiger partial charge in [-0.3, -0.25) is 14.7 Å². The third-order valence-corrected chi connectivity index (χ3v) is 6.99. The molecule has 208 valence electrons. The predicted molar refractivity (Wildman–Crippen MR) is 155 cm³/mol. The molecule has 0 saturated carbocycles. The number of amides is 2. The molecule has 0 saturated heterocycles. The second-order valence-electron chi connectivity index (χ2n) is 9.96. The number of alkyl carbamates (subject to hydrolysis) is 1. The van der Waals surface area contributed by atoms with Crippen LogP contribution in [0.4, 0.5) is 10.5 Å². The van der Waals surface area contributed by atoms with Crippen molar-refractivity contribution in [2.45, 2.75) is 18.5 Å². The number of rotatable bonds is 10.